The van der Waals surface area contributed by atoms with Crippen LogP contribution in [0.3, 0.4) is 0 Å². The molecule has 1 aliphatic rings. The summed E-state index contributed by atoms with van der Waals surface area (Å²) in [5, 5.41) is 0. The monoisotopic (exact) mass is 399 g/mol. The Morgan fingerprint density at radius 2 is 1.90 bits per heavy atom. The number of fused-ring (bicyclic) bond motifs is 1. The van der Waals surface area contributed by atoms with E-state index >= 15 is 0 Å². The maximum atomic E-state index is 13.3. The summed E-state index contributed by atoms with van der Waals surface area (Å²) in [6.45, 7) is 6.48. The number of nitrogens with zero attached hydrogens (tertiary/aromatic N) is 3. The van der Waals surface area contributed by atoms with E-state index in [1.54, 1.807) is 17.0 Å². The van der Waals surface area contributed by atoms with Gasteiger partial charge in [-0.1, -0.05) is 30.3 Å². The van der Waals surface area contributed by atoms with E-state index in [4.69, 9.17) is 0 Å². The normalized spacial score (nSPS) is 15.0. The van der Waals surface area contributed by atoms with Crippen molar-refractivity contribution >= 4 is 23.2 Å². The summed E-state index contributed by atoms with van der Waals surface area (Å²) < 4.78 is 0. The number of hydrogen-bond acceptors (Lipinski definition) is 3. The summed E-state index contributed by atoms with van der Waals surface area (Å²) in [5.74, 6) is -0.324. The van der Waals surface area contributed by atoms with E-state index in [1.807, 2.05) is 68.1 Å². The number of rotatable bonds is 4. The van der Waals surface area contributed by atoms with Crippen LogP contribution >= 0.6 is 0 Å². The van der Waals surface area contributed by atoms with Gasteiger partial charge in [-0.25, -0.2) is 0 Å². The molecule has 1 aliphatic heterocycles. The first-order valence-electron chi connectivity index (χ1n) is 10.3. The second-order valence-electron chi connectivity index (χ2n) is 7.68. The van der Waals surface area contributed by atoms with E-state index in [2.05, 4.69) is 11.1 Å². The van der Waals surface area contributed by atoms with Crippen molar-refractivity contribution in [3.05, 3.63) is 89.2 Å². The number of pyridine rings is 1. The topological polar surface area (TPSA) is 53.5 Å². The van der Waals surface area contributed by atoms with Gasteiger partial charge in [-0.2, -0.15) is 0 Å². The third-order valence-electron chi connectivity index (χ3n) is 5.53. The van der Waals surface area contributed by atoms with Gasteiger partial charge >= 0.3 is 0 Å². The van der Waals surface area contributed by atoms with Gasteiger partial charge in [-0.05, 0) is 68.7 Å². The molecule has 1 atom stereocenters. The minimum Gasteiger partial charge on any atom is -0.307 e. The summed E-state index contributed by atoms with van der Waals surface area (Å²) in [5.41, 5.74) is 4.75. The molecule has 0 saturated heterocycles. The van der Waals surface area contributed by atoms with Gasteiger partial charge in [-0.15, -0.1) is 0 Å². The molecule has 0 fully saturated rings. The standard InChI is InChI=1S/C25H25N3O2/c1-4-27(21-10-7-8-17(2)14-21)25(30)22-16-20(12-13-26-22)24(29)28-18(3)15-19-9-5-6-11-23(19)28/h5-14,16,18H,4,15H2,1-3H3. The molecule has 2 heterocycles. The number of benzene rings is 2. The summed E-state index contributed by atoms with van der Waals surface area (Å²) in [6, 6.07) is 19.1. The number of anilines is 2. The lowest BCUT2D eigenvalue weighted by molar-refractivity contribution is 0.0981. The second-order valence-corrected chi connectivity index (χ2v) is 7.68. The summed E-state index contributed by atoms with van der Waals surface area (Å²) >= 11 is 0. The Morgan fingerprint density at radius 3 is 2.67 bits per heavy atom. The number of aryl methyl sites for hydroxylation is 1. The zero-order valence-corrected chi connectivity index (χ0v) is 17.5. The molecule has 0 spiro atoms. The molecular weight excluding hydrogens is 374 g/mol. The highest BCUT2D eigenvalue weighted by molar-refractivity contribution is 6.10. The zero-order chi connectivity index (χ0) is 21.3. The van der Waals surface area contributed by atoms with Gasteiger partial charge in [0.15, 0.2) is 0 Å². The lowest BCUT2D eigenvalue weighted by Gasteiger charge is -2.24. The molecule has 5 heteroatoms. The van der Waals surface area contributed by atoms with Crippen LogP contribution in [-0.4, -0.2) is 29.4 Å². The van der Waals surface area contributed by atoms with Crippen LogP contribution in [0.4, 0.5) is 11.4 Å². The van der Waals surface area contributed by atoms with Crippen LogP contribution < -0.4 is 9.80 Å². The molecule has 4 rings (SSSR count). The Balaban J connectivity index is 1.64. The number of carbonyl (C=O) groups excluding carboxylic acids is 2. The van der Waals surface area contributed by atoms with Gasteiger partial charge in [0.25, 0.3) is 11.8 Å². The molecular formula is C25H25N3O2. The predicted octanol–water partition coefficient (Wildman–Crippen LogP) is 4.65. The van der Waals surface area contributed by atoms with Crippen LogP contribution in [-0.2, 0) is 6.42 Å². The van der Waals surface area contributed by atoms with Crippen molar-refractivity contribution in [3.8, 4) is 0 Å². The van der Waals surface area contributed by atoms with Gasteiger partial charge in [0.05, 0.1) is 0 Å². The fourth-order valence-corrected chi connectivity index (χ4v) is 4.07. The first-order chi connectivity index (χ1) is 14.5. The smallest absolute Gasteiger partial charge is 0.276 e. The largest absolute Gasteiger partial charge is 0.307 e. The fourth-order valence-electron chi connectivity index (χ4n) is 4.07. The lowest BCUT2D eigenvalue weighted by atomic mass is 10.1. The Morgan fingerprint density at radius 1 is 1.10 bits per heavy atom. The highest BCUT2D eigenvalue weighted by Gasteiger charge is 2.31. The van der Waals surface area contributed by atoms with Crippen LogP contribution in [0, 0.1) is 6.92 Å². The minimum absolute atomic E-state index is 0.0710. The number of carbonyl (C=O) groups is 2. The molecule has 0 radical (unpaired) electrons. The predicted molar refractivity (Wildman–Crippen MR) is 119 cm³/mol. The minimum atomic E-state index is -0.215. The van der Waals surface area contributed by atoms with Crippen molar-refractivity contribution in [1.29, 1.82) is 0 Å². The molecule has 152 valence electrons. The van der Waals surface area contributed by atoms with Crippen molar-refractivity contribution in [2.45, 2.75) is 33.2 Å². The Bertz CT molecular complexity index is 1110. The number of hydrogen-bond donors (Lipinski definition) is 0. The van der Waals surface area contributed by atoms with Crippen molar-refractivity contribution in [1.82, 2.24) is 4.98 Å². The van der Waals surface area contributed by atoms with Gasteiger partial charge < -0.3 is 9.80 Å². The molecule has 5 nitrogen and oxygen atoms in total. The number of aromatic nitrogens is 1. The molecule has 0 aliphatic carbocycles. The Labute approximate surface area is 177 Å². The van der Waals surface area contributed by atoms with E-state index in [9.17, 15) is 9.59 Å². The molecule has 0 saturated carbocycles. The quantitative estimate of drug-likeness (QED) is 0.642. The van der Waals surface area contributed by atoms with E-state index in [0.717, 1.165) is 23.4 Å². The Hall–Kier alpha value is -3.47. The lowest BCUT2D eigenvalue weighted by Crippen LogP contribution is -2.36. The first kappa shape index (κ1) is 19.8. The number of amides is 2. The van der Waals surface area contributed by atoms with Crippen molar-refractivity contribution in [2.24, 2.45) is 0 Å². The highest BCUT2D eigenvalue weighted by Crippen LogP contribution is 2.33. The van der Waals surface area contributed by atoms with E-state index in [-0.39, 0.29) is 23.6 Å². The molecule has 1 aromatic heterocycles. The van der Waals surface area contributed by atoms with Crippen molar-refractivity contribution in [2.75, 3.05) is 16.3 Å². The molecule has 2 amide bonds. The SMILES string of the molecule is CCN(C(=O)c1cc(C(=O)N2c3ccccc3CC2C)ccn1)c1cccc(C)c1. The van der Waals surface area contributed by atoms with Crippen molar-refractivity contribution < 1.29 is 9.59 Å². The van der Waals surface area contributed by atoms with Crippen LogP contribution in [0.15, 0.2) is 66.9 Å². The van der Waals surface area contributed by atoms with Gasteiger partial charge in [-0.3, -0.25) is 14.6 Å². The molecule has 0 N–H and O–H groups in total. The molecule has 3 aromatic rings. The molecule has 30 heavy (non-hydrogen) atoms. The first-order valence-corrected chi connectivity index (χ1v) is 10.3. The van der Waals surface area contributed by atoms with E-state index < -0.39 is 0 Å². The maximum absolute atomic E-state index is 13.3. The fraction of sp³-hybridized carbons (Fsp3) is 0.240. The number of para-hydroxylation sites is 1. The maximum Gasteiger partial charge on any atom is 0.276 e. The second kappa shape index (κ2) is 8.11. The molecule has 0 bridgehead atoms. The summed E-state index contributed by atoms with van der Waals surface area (Å²) in [4.78, 5) is 34.3. The molecule has 1 unspecified atom stereocenters. The Kier molecular flexibility index (Phi) is 5.36. The summed E-state index contributed by atoms with van der Waals surface area (Å²) in [7, 11) is 0. The van der Waals surface area contributed by atoms with Gasteiger partial charge in [0.1, 0.15) is 5.69 Å². The van der Waals surface area contributed by atoms with Gasteiger partial charge in [0.2, 0.25) is 0 Å². The van der Waals surface area contributed by atoms with Crippen LogP contribution in [0.5, 0.6) is 0 Å². The van der Waals surface area contributed by atoms with E-state index in [1.165, 1.54) is 11.8 Å². The van der Waals surface area contributed by atoms with Crippen LogP contribution in [0.25, 0.3) is 0 Å². The van der Waals surface area contributed by atoms with E-state index in [0.29, 0.717) is 12.1 Å². The zero-order valence-electron chi connectivity index (χ0n) is 17.5. The average molecular weight is 399 g/mol. The average Bonchev–Trinajstić information content (AvgIpc) is 3.09. The highest BCUT2D eigenvalue weighted by atomic mass is 16.2. The van der Waals surface area contributed by atoms with Gasteiger partial charge in [0, 0.05) is 35.7 Å². The van der Waals surface area contributed by atoms with Crippen molar-refractivity contribution in [3.63, 3.8) is 0 Å². The van der Waals surface area contributed by atoms with Crippen LogP contribution in [0.2, 0.25) is 0 Å². The summed E-state index contributed by atoms with van der Waals surface area (Å²) in [6.07, 6.45) is 2.37. The third kappa shape index (κ3) is 3.59. The third-order valence-corrected chi connectivity index (χ3v) is 5.53. The van der Waals surface area contributed by atoms with Crippen LogP contribution in [0.1, 0.15) is 45.8 Å². The molecule has 2 aromatic carbocycles.